The van der Waals surface area contributed by atoms with Crippen LogP contribution in [0.5, 0.6) is 0 Å². The maximum Gasteiger partial charge on any atom is 0.254 e. The Morgan fingerprint density at radius 1 is 0.944 bits per heavy atom. The van der Waals surface area contributed by atoms with E-state index in [1.54, 1.807) is 33.8 Å². The van der Waals surface area contributed by atoms with Crippen LogP contribution in [-0.2, 0) is 4.79 Å². The normalized spacial score (nSPS) is 10.9. The smallest absolute Gasteiger partial charge is 0.254 e. The van der Waals surface area contributed by atoms with Crippen LogP contribution in [-0.4, -0.2) is 39.1 Å². The molecule has 1 N–H and O–H groups in total. The predicted octanol–water partition coefficient (Wildman–Crippen LogP) is 6.30. The first kappa shape index (κ1) is 25.2. The standard InChI is InChI=1S/C29H29ClN4O2/c1-19(2)33(29(36)23-14-16-24(30)17-15-23)18-26(35)31-28-27(22-11-6-5-7-12-22)21(4)32-34(28)25-13-9-8-10-20(25)3/h5-17,19H,18H2,1-4H3,(H,31,35). The van der Waals surface area contributed by atoms with Crippen LogP contribution in [0.15, 0.2) is 78.9 Å². The molecule has 0 unspecified atom stereocenters. The van der Waals surface area contributed by atoms with Crippen molar-refractivity contribution in [3.63, 3.8) is 0 Å². The van der Waals surface area contributed by atoms with E-state index in [4.69, 9.17) is 16.7 Å². The highest BCUT2D eigenvalue weighted by atomic mass is 35.5. The zero-order valence-corrected chi connectivity index (χ0v) is 21.6. The second-order valence-corrected chi connectivity index (χ2v) is 9.39. The second kappa shape index (κ2) is 10.8. The number of anilines is 1. The van der Waals surface area contributed by atoms with Gasteiger partial charge in [0, 0.05) is 22.2 Å². The minimum absolute atomic E-state index is 0.106. The van der Waals surface area contributed by atoms with Crippen LogP contribution in [0.2, 0.25) is 5.02 Å². The third kappa shape index (κ3) is 5.34. The largest absolute Gasteiger partial charge is 0.327 e. The molecule has 0 bridgehead atoms. The van der Waals surface area contributed by atoms with Gasteiger partial charge < -0.3 is 10.2 Å². The van der Waals surface area contributed by atoms with E-state index < -0.39 is 0 Å². The molecule has 4 aromatic rings. The zero-order chi connectivity index (χ0) is 25.8. The Labute approximate surface area is 216 Å². The third-order valence-corrected chi connectivity index (χ3v) is 6.27. The number of nitrogens with one attached hydrogen (secondary N) is 1. The molecule has 4 rings (SSSR count). The molecule has 0 aliphatic carbocycles. The summed E-state index contributed by atoms with van der Waals surface area (Å²) in [6, 6.07) is 24.2. The average molecular weight is 501 g/mol. The van der Waals surface area contributed by atoms with E-state index in [2.05, 4.69) is 5.32 Å². The second-order valence-electron chi connectivity index (χ2n) is 8.96. The van der Waals surface area contributed by atoms with Gasteiger partial charge in [0.05, 0.1) is 11.4 Å². The predicted molar refractivity (Wildman–Crippen MR) is 145 cm³/mol. The van der Waals surface area contributed by atoms with Gasteiger partial charge in [0.15, 0.2) is 0 Å². The number of halogens is 1. The molecule has 3 aromatic carbocycles. The Bertz CT molecular complexity index is 1380. The first-order chi connectivity index (χ1) is 17.3. The minimum atomic E-state index is -0.307. The summed E-state index contributed by atoms with van der Waals surface area (Å²) in [4.78, 5) is 28.2. The lowest BCUT2D eigenvalue weighted by molar-refractivity contribution is -0.117. The number of aryl methyl sites for hydroxylation is 2. The van der Waals surface area contributed by atoms with E-state index in [9.17, 15) is 9.59 Å². The first-order valence-corrected chi connectivity index (χ1v) is 12.2. The van der Waals surface area contributed by atoms with Crippen LogP contribution >= 0.6 is 11.6 Å². The van der Waals surface area contributed by atoms with Gasteiger partial charge in [0.25, 0.3) is 5.91 Å². The maximum atomic E-state index is 13.4. The SMILES string of the molecule is Cc1ccccc1-n1nc(C)c(-c2ccccc2)c1NC(=O)CN(C(=O)c1ccc(Cl)cc1)C(C)C. The molecule has 0 atom stereocenters. The summed E-state index contributed by atoms with van der Waals surface area (Å²) in [6.07, 6.45) is 0. The van der Waals surface area contributed by atoms with Crippen molar-refractivity contribution >= 4 is 29.2 Å². The fraction of sp³-hybridized carbons (Fsp3) is 0.207. The number of para-hydroxylation sites is 1. The van der Waals surface area contributed by atoms with Crippen LogP contribution in [0.4, 0.5) is 5.82 Å². The van der Waals surface area contributed by atoms with Gasteiger partial charge in [-0.15, -0.1) is 0 Å². The molecule has 1 aromatic heterocycles. The van der Waals surface area contributed by atoms with Gasteiger partial charge in [-0.3, -0.25) is 9.59 Å². The van der Waals surface area contributed by atoms with Crippen LogP contribution in [0.1, 0.15) is 35.5 Å². The average Bonchev–Trinajstić information content (AvgIpc) is 3.18. The van der Waals surface area contributed by atoms with Crippen LogP contribution in [0, 0.1) is 13.8 Å². The summed E-state index contributed by atoms with van der Waals surface area (Å²) in [7, 11) is 0. The Balaban J connectivity index is 1.70. The number of hydrogen-bond donors (Lipinski definition) is 1. The lowest BCUT2D eigenvalue weighted by atomic mass is 10.1. The zero-order valence-electron chi connectivity index (χ0n) is 20.8. The molecule has 0 saturated heterocycles. The van der Waals surface area contributed by atoms with Gasteiger partial charge >= 0.3 is 0 Å². The number of carbonyl (C=O) groups is 2. The highest BCUT2D eigenvalue weighted by molar-refractivity contribution is 6.30. The van der Waals surface area contributed by atoms with E-state index in [1.165, 1.54) is 0 Å². The number of nitrogens with zero attached hydrogens (tertiary/aromatic N) is 3. The molecule has 1 heterocycles. The van der Waals surface area contributed by atoms with Crippen molar-refractivity contribution in [2.45, 2.75) is 33.7 Å². The van der Waals surface area contributed by atoms with Crippen LogP contribution < -0.4 is 5.32 Å². The van der Waals surface area contributed by atoms with Crippen molar-refractivity contribution < 1.29 is 9.59 Å². The van der Waals surface area contributed by atoms with Crippen molar-refractivity contribution in [2.75, 3.05) is 11.9 Å². The first-order valence-electron chi connectivity index (χ1n) is 11.8. The number of carbonyl (C=O) groups excluding carboxylic acids is 2. The number of benzene rings is 3. The number of rotatable bonds is 7. The molecule has 6 nitrogen and oxygen atoms in total. The molecule has 0 saturated carbocycles. The Hall–Kier alpha value is -3.90. The number of amides is 2. The summed E-state index contributed by atoms with van der Waals surface area (Å²) >= 11 is 5.98. The van der Waals surface area contributed by atoms with E-state index in [1.807, 2.05) is 82.3 Å². The Morgan fingerprint density at radius 2 is 1.58 bits per heavy atom. The summed E-state index contributed by atoms with van der Waals surface area (Å²) in [5, 5.41) is 8.41. The van der Waals surface area contributed by atoms with Crippen LogP contribution in [0.3, 0.4) is 0 Å². The van der Waals surface area contributed by atoms with Gasteiger partial charge in [-0.2, -0.15) is 5.10 Å². The van der Waals surface area contributed by atoms with E-state index in [0.717, 1.165) is 28.1 Å². The van der Waals surface area contributed by atoms with E-state index >= 15 is 0 Å². The Kier molecular flexibility index (Phi) is 7.55. The topological polar surface area (TPSA) is 67.2 Å². The fourth-order valence-electron chi connectivity index (χ4n) is 4.14. The van der Waals surface area contributed by atoms with Gasteiger partial charge in [0.2, 0.25) is 5.91 Å². The molecule has 7 heteroatoms. The van der Waals surface area contributed by atoms with E-state index in [-0.39, 0.29) is 24.4 Å². The van der Waals surface area contributed by atoms with Gasteiger partial charge in [-0.25, -0.2) is 4.68 Å². The summed E-state index contributed by atoms with van der Waals surface area (Å²) in [6.45, 7) is 7.60. The summed E-state index contributed by atoms with van der Waals surface area (Å²) in [5.41, 5.74) is 4.95. The fourth-order valence-corrected chi connectivity index (χ4v) is 4.27. The monoisotopic (exact) mass is 500 g/mol. The molecule has 0 fully saturated rings. The van der Waals surface area contributed by atoms with Crippen molar-refractivity contribution in [3.8, 4) is 16.8 Å². The molecule has 184 valence electrons. The van der Waals surface area contributed by atoms with Crippen molar-refractivity contribution in [1.82, 2.24) is 14.7 Å². The highest BCUT2D eigenvalue weighted by Gasteiger charge is 2.25. The Morgan fingerprint density at radius 3 is 2.22 bits per heavy atom. The van der Waals surface area contributed by atoms with Gasteiger partial charge in [0.1, 0.15) is 12.4 Å². The summed E-state index contributed by atoms with van der Waals surface area (Å²) in [5.74, 6) is 0.0299. The van der Waals surface area contributed by atoms with Gasteiger partial charge in [-0.1, -0.05) is 60.1 Å². The molecule has 0 spiro atoms. The molecular weight excluding hydrogens is 472 g/mol. The molecule has 0 aliphatic rings. The molecular formula is C29H29ClN4O2. The van der Waals surface area contributed by atoms with Crippen LogP contribution in [0.25, 0.3) is 16.8 Å². The highest BCUT2D eigenvalue weighted by Crippen LogP contribution is 2.34. The van der Waals surface area contributed by atoms with E-state index in [0.29, 0.717) is 16.4 Å². The van der Waals surface area contributed by atoms with Crippen molar-refractivity contribution in [1.29, 1.82) is 0 Å². The molecule has 36 heavy (non-hydrogen) atoms. The molecule has 0 radical (unpaired) electrons. The maximum absolute atomic E-state index is 13.4. The number of hydrogen-bond acceptors (Lipinski definition) is 3. The van der Waals surface area contributed by atoms with Crippen molar-refractivity contribution in [2.24, 2.45) is 0 Å². The van der Waals surface area contributed by atoms with Gasteiger partial charge in [-0.05, 0) is 69.2 Å². The lowest BCUT2D eigenvalue weighted by Crippen LogP contribution is -2.42. The van der Waals surface area contributed by atoms with Crippen molar-refractivity contribution in [3.05, 3.63) is 101 Å². The minimum Gasteiger partial charge on any atom is -0.327 e. The molecule has 0 aliphatic heterocycles. The third-order valence-electron chi connectivity index (χ3n) is 6.01. The molecule has 2 amide bonds. The summed E-state index contributed by atoms with van der Waals surface area (Å²) < 4.78 is 1.77. The lowest BCUT2D eigenvalue weighted by Gasteiger charge is -2.26. The quantitative estimate of drug-likeness (QED) is 0.324. The number of aromatic nitrogens is 2.